The van der Waals surface area contributed by atoms with E-state index in [1.165, 1.54) is 0 Å². The lowest BCUT2D eigenvalue weighted by Gasteiger charge is -2.15. The molecule has 0 amide bonds. The van der Waals surface area contributed by atoms with Crippen LogP contribution in [0.5, 0.6) is 0 Å². The number of benzene rings is 1. The Hall–Kier alpha value is -1.13. The second kappa shape index (κ2) is 5.02. The Labute approximate surface area is 109 Å². The first-order valence-corrected chi connectivity index (χ1v) is 6.38. The number of hydrogen-bond donors (Lipinski definition) is 1. The summed E-state index contributed by atoms with van der Waals surface area (Å²) < 4.78 is 2.83. The van der Waals surface area contributed by atoms with Gasteiger partial charge in [-0.25, -0.2) is 0 Å². The van der Waals surface area contributed by atoms with Gasteiger partial charge in [0.1, 0.15) is 6.10 Å². The molecule has 3 nitrogen and oxygen atoms in total. The summed E-state index contributed by atoms with van der Waals surface area (Å²) in [5, 5.41) is 14.6. The summed E-state index contributed by atoms with van der Waals surface area (Å²) in [6.45, 7) is 4.77. The highest BCUT2D eigenvalue weighted by Gasteiger charge is 2.16. The number of aromatic nitrogens is 2. The second-order valence-electron chi connectivity index (χ2n) is 3.98. The highest BCUT2D eigenvalue weighted by molar-refractivity contribution is 9.10. The maximum atomic E-state index is 10.4. The molecule has 0 aliphatic rings. The Kier molecular flexibility index (Phi) is 3.64. The van der Waals surface area contributed by atoms with E-state index in [9.17, 15) is 5.11 Å². The van der Waals surface area contributed by atoms with Crippen molar-refractivity contribution in [2.75, 3.05) is 0 Å². The molecular formula is C13H15BrN2O. The van der Waals surface area contributed by atoms with Gasteiger partial charge in [0.15, 0.2) is 0 Å². The van der Waals surface area contributed by atoms with Gasteiger partial charge in [0.2, 0.25) is 0 Å². The molecule has 0 aliphatic heterocycles. The molecule has 2 rings (SSSR count). The molecular weight excluding hydrogens is 280 g/mol. The summed E-state index contributed by atoms with van der Waals surface area (Å²) >= 11 is 3.42. The van der Waals surface area contributed by atoms with Gasteiger partial charge in [0.25, 0.3) is 0 Å². The molecule has 0 aliphatic carbocycles. The quantitative estimate of drug-likeness (QED) is 0.945. The minimum Gasteiger partial charge on any atom is -0.382 e. The molecule has 2 aromatic rings. The first kappa shape index (κ1) is 12.3. The van der Waals surface area contributed by atoms with Gasteiger partial charge in [-0.1, -0.05) is 22.0 Å². The van der Waals surface area contributed by atoms with E-state index >= 15 is 0 Å². The second-order valence-corrected chi connectivity index (χ2v) is 4.89. The van der Waals surface area contributed by atoms with Gasteiger partial charge in [-0.3, -0.25) is 4.68 Å². The van der Waals surface area contributed by atoms with Gasteiger partial charge >= 0.3 is 0 Å². The summed E-state index contributed by atoms with van der Waals surface area (Å²) in [6, 6.07) is 7.75. The van der Waals surface area contributed by atoms with Gasteiger partial charge in [0.05, 0.1) is 5.69 Å². The Bertz CT molecular complexity index is 522. The number of hydrogen-bond acceptors (Lipinski definition) is 2. The monoisotopic (exact) mass is 294 g/mol. The number of nitrogens with zero attached hydrogens (tertiary/aromatic N) is 2. The molecule has 0 fully saturated rings. The molecule has 1 N–H and O–H groups in total. The third-order valence-electron chi connectivity index (χ3n) is 2.86. The average Bonchev–Trinajstić information content (AvgIpc) is 2.76. The van der Waals surface area contributed by atoms with E-state index in [0.717, 1.165) is 27.8 Å². The molecule has 4 heteroatoms. The predicted molar refractivity (Wildman–Crippen MR) is 70.8 cm³/mol. The molecule has 0 saturated heterocycles. The molecule has 90 valence electrons. The fraction of sp³-hybridized carbons (Fsp3) is 0.308. The van der Waals surface area contributed by atoms with Crippen LogP contribution in [0.4, 0.5) is 0 Å². The van der Waals surface area contributed by atoms with Crippen molar-refractivity contribution in [1.82, 2.24) is 9.78 Å². The number of rotatable bonds is 3. The van der Waals surface area contributed by atoms with E-state index in [-0.39, 0.29) is 0 Å². The van der Waals surface area contributed by atoms with Crippen LogP contribution in [-0.2, 0) is 6.54 Å². The van der Waals surface area contributed by atoms with Crippen LogP contribution in [0.15, 0.2) is 34.9 Å². The molecule has 1 atom stereocenters. The highest BCUT2D eigenvalue weighted by atomic mass is 79.9. The van der Waals surface area contributed by atoms with Gasteiger partial charge in [-0.05, 0) is 43.2 Å². The van der Waals surface area contributed by atoms with Crippen molar-refractivity contribution in [3.8, 4) is 0 Å². The lowest BCUT2D eigenvalue weighted by Crippen LogP contribution is -2.10. The lowest BCUT2D eigenvalue weighted by atomic mass is 10.0. The zero-order valence-electron chi connectivity index (χ0n) is 9.89. The zero-order chi connectivity index (χ0) is 12.4. The SMILES string of the molecule is CCn1nccc1C(O)c1ccc(Br)cc1C. The number of halogens is 1. The van der Waals surface area contributed by atoms with Crippen LogP contribution < -0.4 is 0 Å². The molecule has 0 saturated carbocycles. The smallest absolute Gasteiger partial charge is 0.121 e. The molecule has 0 radical (unpaired) electrons. The van der Waals surface area contributed by atoms with E-state index in [2.05, 4.69) is 21.0 Å². The van der Waals surface area contributed by atoms with Crippen LogP contribution in [0, 0.1) is 6.92 Å². The van der Waals surface area contributed by atoms with Crippen molar-refractivity contribution in [1.29, 1.82) is 0 Å². The summed E-state index contributed by atoms with van der Waals surface area (Å²) in [4.78, 5) is 0. The fourth-order valence-electron chi connectivity index (χ4n) is 1.94. The topological polar surface area (TPSA) is 38.0 Å². The van der Waals surface area contributed by atoms with Crippen LogP contribution in [0.1, 0.15) is 29.8 Å². The minimum absolute atomic E-state index is 0.620. The Morgan fingerprint density at radius 2 is 2.18 bits per heavy atom. The third kappa shape index (κ3) is 2.42. The van der Waals surface area contributed by atoms with E-state index in [1.54, 1.807) is 6.20 Å². The first-order valence-electron chi connectivity index (χ1n) is 5.59. The molecule has 1 heterocycles. The van der Waals surface area contributed by atoms with Crippen LogP contribution in [-0.4, -0.2) is 14.9 Å². The van der Waals surface area contributed by atoms with Gasteiger partial charge in [-0.15, -0.1) is 0 Å². The standard InChI is InChI=1S/C13H15BrN2O/c1-3-16-12(6-7-15-16)13(17)11-5-4-10(14)8-9(11)2/h4-8,13,17H,3H2,1-2H3. The van der Waals surface area contributed by atoms with Gasteiger partial charge in [0, 0.05) is 17.2 Å². The Balaban J connectivity index is 2.40. The van der Waals surface area contributed by atoms with Crippen LogP contribution in [0.3, 0.4) is 0 Å². The number of aliphatic hydroxyl groups is 1. The fourth-order valence-corrected chi connectivity index (χ4v) is 2.42. The zero-order valence-corrected chi connectivity index (χ0v) is 11.5. The summed E-state index contributed by atoms with van der Waals surface area (Å²) in [6.07, 6.45) is 1.10. The summed E-state index contributed by atoms with van der Waals surface area (Å²) in [7, 11) is 0. The van der Waals surface area contributed by atoms with Crippen LogP contribution in [0.2, 0.25) is 0 Å². The minimum atomic E-state index is -0.620. The number of aliphatic hydroxyl groups excluding tert-OH is 1. The molecule has 1 aromatic carbocycles. The molecule has 17 heavy (non-hydrogen) atoms. The van der Waals surface area contributed by atoms with E-state index < -0.39 is 6.10 Å². The maximum Gasteiger partial charge on any atom is 0.121 e. The molecule has 0 spiro atoms. The molecule has 0 bridgehead atoms. The third-order valence-corrected chi connectivity index (χ3v) is 3.35. The molecule has 1 unspecified atom stereocenters. The normalized spacial score (nSPS) is 12.7. The van der Waals surface area contributed by atoms with Crippen molar-refractivity contribution in [2.24, 2.45) is 0 Å². The largest absolute Gasteiger partial charge is 0.382 e. The average molecular weight is 295 g/mol. The van der Waals surface area contributed by atoms with E-state index in [0.29, 0.717) is 0 Å². The lowest BCUT2D eigenvalue weighted by molar-refractivity contribution is 0.207. The van der Waals surface area contributed by atoms with Gasteiger partial charge in [-0.2, -0.15) is 5.10 Å². The predicted octanol–water partition coefficient (Wildman–Crippen LogP) is 3.06. The van der Waals surface area contributed by atoms with Crippen molar-refractivity contribution >= 4 is 15.9 Å². The van der Waals surface area contributed by atoms with Crippen molar-refractivity contribution in [3.05, 3.63) is 51.8 Å². The highest BCUT2D eigenvalue weighted by Crippen LogP contribution is 2.26. The summed E-state index contributed by atoms with van der Waals surface area (Å²) in [5.41, 5.74) is 2.82. The van der Waals surface area contributed by atoms with E-state index in [4.69, 9.17) is 0 Å². The van der Waals surface area contributed by atoms with Crippen LogP contribution in [0.25, 0.3) is 0 Å². The van der Waals surface area contributed by atoms with Crippen molar-refractivity contribution in [3.63, 3.8) is 0 Å². The number of aryl methyl sites for hydroxylation is 2. The first-order chi connectivity index (χ1) is 8.13. The van der Waals surface area contributed by atoms with Crippen molar-refractivity contribution in [2.45, 2.75) is 26.5 Å². The molecule has 1 aromatic heterocycles. The van der Waals surface area contributed by atoms with Crippen molar-refractivity contribution < 1.29 is 5.11 Å². The Morgan fingerprint density at radius 3 is 2.82 bits per heavy atom. The van der Waals surface area contributed by atoms with E-state index in [1.807, 2.05) is 42.8 Å². The van der Waals surface area contributed by atoms with Gasteiger partial charge < -0.3 is 5.11 Å². The summed E-state index contributed by atoms with van der Waals surface area (Å²) in [5.74, 6) is 0. The maximum absolute atomic E-state index is 10.4. The van der Waals surface area contributed by atoms with Crippen LogP contribution >= 0.6 is 15.9 Å². The Morgan fingerprint density at radius 1 is 1.41 bits per heavy atom.